The summed E-state index contributed by atoms with van der Waals surface area (Å²) in [6.45, 7) is 7.66. The number of Topliss-reactive ketones (excluding diaryl/α,β-unsaturated/α-hetero) is 1. The van der Waals surface area contributed by atoms with Gasteiger partial charge in [0.2, 0.25) is 0 Å². The number of hydrogen-bond donors (Lipinski definition) is 1. The minimum absolute atomic E-state index is 0.0348. The van der Waals surface area contributed by atoms with Crippen LogP contribution in [0.1, 0.15) is 35.3 Å². The summed E-state index contributed by atoms with van der Waals surface area (Å²) in [4.78, 5) is 31.3. The Morgan fingerprint density at radius 3 is 2.62 bits per heavy atom. The first-order chi connectivity index (χ1) is 12.3. The van der Waals surface area contributed by atoms with Crippen molar-refractivity contribution in [3.63, 3.8) is 0 Å². The molecule has 0 saturated heterocycles. The van der Waals surface area contributed by atoms with E-state index in [0.717, 1.165) is 11.1 Å². The summed E-state index contributed by atoms with van der Waals surface area (Å²) >= 11 is 0. The molecule has 0 saturated carbocycles. The summed E-state index contributed by atoms with van der Waals surface area (Å²) in [6, 6.07) is 8.84. The Bertz CT molecular complexity index is 877. The van der Waals surface area contributed by atoms with Crippen LogP contribution in [0.2, 0.25) is 0 Å². The molecule has 0 aliphatic carbocycles. The summed E-state index contributed by atoms with van der Waals surface area (Å²) in [5.74, 6) is 0.567. The van der Waals surface area contributed by atoms with Crippen molar-refractivity contribution in [2.24, 2.45) is 5.92 Å². The van der Waals surface area contributed by atoms with E-state index in [1.165, 1.54) is 4.90 Å². The van der Waals surface area contributed by atoms with Crippen LogP contribution < -0.4 is 15.4 Å². The minimum Gasteiger partial charge on any atom is -0.476 e. The summed E-state index contributed by atoms with van der Waals surface area (Å²) in [7, 11) is 0. The highest BCUT2D eigenvalue weighted by molar-refractivity contribution is 6.08. The fraction of sp³-hybridized carbons (Fsp3) is 0.350. The monoisotopic (exact) mass is 353 g/mol. The third-order valence-corrected chi connectivity index (χ3v) is 4.62. The van der Waals surface area contributed by atoms with Crippen LogP contribution >= 0.6 is 0 Å². The summed E-state index contributed by atoms with van der Waals surface area (Å²) in [6.07, 6.45) is -0.652. The first-order valence-electron chi connectivity index (χ1n) is 8.63. The molecule has 6 nitrogen and oxygen atoms in total. The van der Waals surface area contributed by atoms with Gasteiger partial charge in [0.1, 0.15) is 5.82 Å². The van der Waals surface area contributed by atoms with E-state index in [2.05, 4.69) is 4.98 Å². The second-order valence-electron chi connectivity index (χ2n) is 6.99. The number of fused-ring (bicyclic) bond motifs is 1. The van der Waals surface area contributed by atoms with Gasteiger partial charge in [-0.3, -0.25) is 14.5 Å². The average Bonchev–Trinajstić information content (AvgIpc) is 2.59. The van der Waals surface area contributed by atoms with Gasteiger partial charge in [0.25, 0.3) is 5.91 Å². The SMILES string of the molecule is Cc1ccc(C(=O)CN2C(=O)C(C(C)C)Oc3ccc(N)nc32)cc1C. The molecule has 1 amide bonds. The molecule has 6 heteroatoms. The van der Waals surface area contributed by atoms with E-state index in [0.29, 0.717) is 17.1 Å². The standard InChI is InChI=1S/C20H23N3O3/c1-11(2)18-20(25)23(19-16(26-18)7-8-17(21)22-19)10-15(24)14-6-5-12(3)13(4)9-14/h5-9,11,18H,10H2,1-4H3,(H2,21,22). The topological polar surface area (TPSA) is 85.5 Å². The molecule has 2 aromatic rings. The van der Waals surface area contributed by atoms with Crippen molar-refractivity contribution in [3.8, 4) is 5.75 Å². The predicted octanol–water partition coefficient (Wildman–Crippen LogP) is 2.91. The molecule has 3 rings (SSSR count). The van der Waals surface area contributed by atoms with Crippen LogP contribution in [0.5, 0.6) is 5.75 Å². The molecule has 0 fully saturated rings. The molecular formula is C20H23N3O3. The fourth-order valence-corrected chi connectivity index (χ4v) is 2.90. The Hall–Kier alpha value is -2.89. The van der Waals surface area contributed by atoms with Gasteiger partial charge in [-0.25, -0.2) is 4.98 Å². The number of anilines is 2. The van der Waals surface area contributed by atoms with Crippen LogP contribution in [0, 0.1) is 19.8 Å². The molecule has 1 aromatic carbocycles. The van der Waals surface area contributed by atoms with Crippen molar-refractivity contribution in [2.75, 3.05) is 17.2 Å². The van der Waals surface area contributed by atoms with E-state index in [1.807, 2.05) is 39.8 Å². The molecule has 0 bridgehead atoms. The molecule has 2 heterocycles. The van der Waals surface area contributed by atoms with Crippen molar-refractivity contribution >= 4 is 23.3 Å². The van der Waals surface area contributed by atoms with Crippen molar-refractivity contribution in [1.29, 1.82) is 0 Å². The quantitative estimate of drug-likeness (QED) is 0.854. The van der Waals surface area contributed by atoms with E-state index in [1.54, 1.807) is 18.2 Å². The smallest absolute Gasteiger partial charge is 0.270 e. The van der Waals surface area contributed by atoms with Gasteiger partial charge in [0.05, 0.1) is 6.54 Å². The highest BCUT2D eigenvalue weighted by Gasteiger charge is 2.38. The van der Waals surface area contributed by atoms with Gasteiger partial charge < -0.3 is 10.5 Å². The van der Waals surface area contributed by atoms with Crippen molar-refractivity contribution in [2.45, 2.75) is 33.8 Å². The molecule has 2 N–H and O–H groups in total. The average molecular weight is 353 g/mol. The number of carbonyl (C=O) groups is 2. The van der Waals surface area contributed by atoms with Gasteiger partial charge in [-0.15, -0.1) is 0 Å². The first kappa shape index (κ1) is 17.9. The van der Waals surface area contributed by atoms with Crippen LogP contribution in [-0.2, 0) is 4.79 Å². The van der Waals surface area contributed by atoms with E-state index < -0.39 is 6.10 Å². The van der Waals surface area contributed by atoms with Gasteiger partial charge in [-0.1, -0.05) is 26.0 Å². The molecule has 1 aliphatic heterocycles. The number of nitrogen functional groups attached to an aromatic ring is 1. The van der Waals surface area contributed by atoms with Gasteiger partial charge >= 0.3 is 0 Å². The number of ether oxygens (including phenoxy) is 1. The van der Waals surface area contributed by atoms with E-state index in [4.69, 9.17) is 10.5 Å². The molecule has 1 aromatic heterocycles. The lowest BCUT2D eigenvalue weighted by atomic mass is 10.0. The highest BCUT2D eigenvalue weighted by atomic mass is 16.5. The van der Waals surface area contributed by atoms with Crippen LogP contribution in [0.3, 0.4) is 0 Å². The Labute approximate surface area is 153 Å². The molecule has 0 spiro atoms. The molecule has 1 atom stereocenters. The van der Waals surface area contributed by atoms with Gasteiger partial charge in [-0.2, -0.15) is 0 Å². The zero-order valence-electron chi connectivity index (χ0n) is 15.4. The van der Waals surface area contributed by atoms with Crippen LogP contribution in [-0.4, -0.2) is 29.3 Å². The lowest BCUT2D eigenvalue weighted by Crippen LogP contribution is -2.50. The third kappa shape index (κ3) is 3.27. The number of benzene rings is 1. The number of ketones is 1. The Balaban J connectivity index is 1.96. The maximum absolute atomic E-state index is 12.9. The molecule has 136 valence electrons. The van der Waals surface area contributed by atoms with E-state index in [9.17, 15) is 9.59 Å². The number of aryl methyl sites for hydroxylation is 2. The van der Waals surface area contributed by atoms with E-state index in [-0.39, 0.29) is 30.0 Å². The Morgan fingerprint density at radius 1 is 1.23 bits per heavy atom. The van der Waals surface area contributed by atoms with Gasteiger partial charge in [-0.05, 0) is 49.1 Å². The van der Waals surface area contributed by atoms with Crippen LogP contribution in [0.25, 0.3) is 0 Å². The second kappa shape index (κ2) is 6.78. The number of nitrogens with two attached hydrogens (primary N) is 1. The largest absolute Gasteiger partial charge is 0.476 e. The second-order valence-corrected chi connectivity index (χ2v) is 6.99. The number of aromatic nitrogens is 1. The van der Waals surface area contributed by atoms with Crippen molar-refractivity contribution in [1.82, 2.24) is 4.98 Å². The molecule has 1 unspecified atom stereocenters. The number of pyridine rings is 1. The lowest BCUT2D eigenvalue weighted by molar-refractivity contribution is -0.128. The Morgan fingerprint density at radius 2 is 1.96 bits per heavy atom. The van der Waals surface area contributed by atoms with Crippen molar-refractivity contribution in [3.05, 3.63) is 47.0 Å². The predicted molar refractivity (Wildman–Crippen MR) is 101 cm³/mol. The van der Waals surface area contributed by atoms with E-state index >= 15 is 0 Å². The molecular weight excluding hydrogens is 330 g/mol. The summed E-state index contributed by atoms with van der Waals surface area (Å²) in [5.41, 5.74) is 8.49. The van der Waals surface area contributed by atoms with Crippen molar-refractivity contribution < 1.29 is 14.3 Å². The summed E-state index contributed by atoms with van der Waals surface area (Å²) in [5, 5.41) is 0. The maximum atomic E-state index is 12.9. The maximum Gasteiger partial charge on any atom is 0.270 e. The number of hydrogen-bond acceptors (Lipinski definition) is 5. The van der Waals surface area contributed by atoms with Crippen LogP contribution in [0.4, 0.5) is 11.6 Å². The molecule has 0 radical (unpaired) electrons. The summed E-state index contributed by atoms with van der Waals surface area (Å²) < 4.78 is 5.79. The lowest BCUT2D eigenvalue weighted by Gasteiger charge is -2.34. The zero-order valence-corrected chi connectivity index (χ0v) is 15.4. The number of rotatable bonds is 4. The normalized spacial score (nSPS) is 16.4. The molecule has 1 aliphatic rings. The highest BCUT2D eigenvalue weighted by Crippen LogP contribution is 2.34. The van der Waals surface area contributed by atoms with Crippen LogP contribution in [0.15, 0.2) is 30.3 Å². The number of nitrogens with zero attached hydrogens (tertiary/aromatic N) is 2. The number of amides is 1. The zero-order chi connectivity index (χ0) is 19.0. The van der Waals surface area contributed by atoms with Gasteiger partial charge in [0, 0.05) is 5.56 Å². The number of carbonyl (C=O) groups excluding carboxylic acids is 2. The van der Waals surface area contributed by atoms with Gasteiger partial charge in [0.15, 0.2) is 23.5 Å². The fourth-order valence-electron chi connectivity index (χ4n) is 2.90. The third-order valence-electron chi connectivity index (χ3n) is 4.62. The molecule has 26 heavy (non-hydrogen) atoms. The first-order valence-corrected chi connectivity index (χ1v) is 8.63. The minimum atomic E-state index is -0.652. The Kier molecular flexibility index (Phi) is 4.68.